The first-order chi connectivity index (χ1) is 9.70. The topological polar surface area (TPSA) is 85.3 Å². The van der Waals surface area contributed by atoms with Crippen molar-refractivity contribution in [2.75, 3.05) is 5.73 Å². The number of anilines is 1. The second-order valence-corrected chi connectivity index (χ2v) is 6.29. The Balaban J connectivity index is 2.35. The molecule has 0 fully saturated rings. The van der Waals surface area contributed by atoms with Gasteiger partial charge in [0.05, 0.1) is 6.04 Å². The van der Waals surface area contributed by atoms with Gasteiger partial charge in [-0.1, -0.05) is 0 Å². The summed E-state index contributed by atoms with van der Waals surface area (Å²) in [5.74, 6) is -1.82. The number of benzene rings is 1. The van der Waals surface area contributed by atoms with Crippen molar-refractivity contribution in [2.24, 2.45) is 0 Å². The second kappa shape index (κ2) is 5.45. The fourth-order valence-electron chi connectivity index (χ4n) is 1.82. The monoisotopic (exact) mass is 316 g/mol. The van der Waals surface area contributed by atoms with Crippen LogP contribution in [0.4, 0.5) is 14.5 Å². The number of nitrogens with one attached hydrogen (secondary N) is 1. The number of hydrogen-bond donors (Lipinski definition) is 2. The predicted molar refractivity (Wildman–Crippen MR) is 73.0 cm³/mol. The Morgan fingerprint density at radius 2 is 1.95 bits per heavy atom. The van der Waals surface area contributed by atoms with Gasteiger partial charge in [-0.3, -0.25) is 0 Å². The Morgan fingerprint density at radius 3 is 2.52 bits per heavy atom. The normalized spacial score (nSPS) is 13.3. The molecule has 3 N–H and O–H groups in total. The molecule has 0 aliphatic carbocycles. The average Bonchev–Trinajstić information content (AvgIpc) is 2.80. The molecule has 5 nitrogen and oxygen atoms in total. The first-order valence-corrected chi connectivity index (χ1v) is 7.52. The van der Waals surface area contributed by atoms with Gasteiger partial charge in [0.2, 0.25) is 10.0 Å². The quantitative estimate of drug-likeness (QED) is 0.849. The zero-order chi connectivity index (χ0) is 15.8. The SMILES string of the molecule is Cc1ccc(C(C)NS(=O)(=O)c2cc(N)cc(F)c2F)o1. The van der Waals surface area contributed by atoms with E-state index in [1.165, 1.54) is 6.92 Å². The highest BCUT2D eigenvalue weighted by molar-refractivity contribution is 7.89. The van der Waals surface area contributed by atoms with Gasteiger partial charge in [-0.25, -0.2) is 21.9 Å². The Kier molecular flexibility index (Phi) is 4.02. The van der Waals surface area contributed by atoms with Crippen LogP contribution in [0, 0.1) is 18.6 Å². The first-order valence-electron chi connectivity index (χ1n) is 6.04. The van der Waals surface area contributed by atoms with Crippen molar-refractivity contribution in [1.82, 2.24) is 4.72 Å². The molecule has 0 saturated heterocycles. The molecule has 1 aromatic heterocycles. The summed E-state index contributed by atoms with van der Waals surface area (Å²) in [5, 5.41) is 0. The molecule has 0 radical (unpaired) electrons. The van der Waals surface area contributed by atoms with Gasteiger partial charge in [-0.2, -0.15) is 0 Å². The van der Waals surface area contributed by atoms with E-state index in [1.807, 2.05) is 0 Å². The van der Waals surface area contributed by atoms with Gasteiger partial charge in [0.15, 0.2) is 11.6 Å². The van der Waals surface area contributed by atoms with Gasteiger partial charge in [0.25, 0.3) is 0 Å². The molecule has 0 aliphatic heterocycles. The molecule has 0 aliphatic rings. The first kappa shape index (κ1) is 15.5. The highest BCUT2D eigenvalue weighted by atomic mass is 32.2. The largest absolute Gasteiger partial charge is 0.465 e. The van der Waals surface area contributed by atoms with Gasteiger partial charge < -0.3 is 10.2 Å². The predicted octanol–water partition coefficient (Wildman–Crippen LogP) is 2.49. The lowest BCUT2D eigenvalue weighted by molar-refractivity contribution is 0.439. The minimum atomic E-state index is -4.28. The number of aryl methyl sites for hydroxylation is 1. The molecule has 0 spiro atoms. The van der Waals surface area contributed by atoms with Crippen LogP contribution in [0.15, 0.2) is 33.6 Å². The summed E-state index contributed by atoms with van der Waals surface area (Å²) in [6.07, 6.45) is 0. The third-order valence-electron chi connectivity index (χ3n) is 2.83. The molecule has 1 heterocycles. The van der Waals surface area contributed by atoms with Gasteiger partial charge in [0.1, 0.15) is 16.4 Å². The highest BCUT2D eigenvalue weighted by Crippen LogP contribution is 2.24. The molecule has 2 aromatic rings. The molecule has 1 aromatic carbocycles. The van der Waals surface area contributed by atoms with Crippen LogP contribution in [0.5, 0.6) is 0 Å². The Bertz CT molecular complexity index is 772. The van der Waals surface area contributed by atoms with Crippen LogP contribution in [0.3, 0.4) is 0 Å². The number of hydrogen-bond acceptors (Lipinski definition) is 4. The van der Waals surface area contributed by atoms with Crippen molar-refractivity contribution in [3.63, 3.8) is 0 Å². The summed E-state index contributed by atoms with van der Waals surface area (Å²) < 4.78 is 58.7. The molecular formula is C13H14F2N2O3S. The van der Waals surface area contributed by atoms with Crippen LogP contribution in [-0.2, 0) is 10.0 Å². The van der Waals surface area contributed by atoms with Crippen LogP contribution in [0.1, 0.15) is 24.5 Å². The maximum absolute atomic E-state index is 13.7. The molecule has 0 amide bonds. The van der Waals surface area contributed by atoms with E-state index in [0.717, 1.165) is 6.07 Å². The third-order valence-corrected chi connectivity index (χ3v) is 4.37. The van der Waals surface area contributed by atoms with Gasteiger partial charge >= 0.3 is 0 Å². The van der Waals surface area contributed by atoms with Crippen molar-refractivity contribution >= 4 is 15.7 Å². The lowest BCUT2D eigenvalue weighted by atomic mass is 10.3. The van der Waals surface area contributed by atoms with Crippen LogP contribution in [-0.4, -0.2) is 8.42 Å². The zero-order valence-corrected chi connectivity index (χ0v) is 12.2. The smallest absolute Gasteiger partial charge is 0.244 e. The summed E-state index contributed by atoms with van der Waals surface area (Å²) in [7, 11) is -4.28. The third kappa shape index (κ3) is 3.22. The maximum atomic E-state index is 13.7. The van der Waals surface area contributed by atoms with Crippen molar-refractivity contribution in [3.8, 4) is 0 Å². The summed E-state index contributed by atoms with van der Waals surface area (Å²) in [6.45, 7) is 3.23. The standard InChI is InChI=1S/C13H14F2N2O3S/c1-7-3-4-11(20-7)8(2)17-21(18,19)12-6-9(16)5-10(14)13(12)15/h3-6,8,17H,16H2,1-2H3. The molecule has 21 heavy (non-hydrogen) atoms. The summed E-state index contributed by atoms with van der Waals surface area (Å²) >= 11 is 0. The van der Waals surface area contributed by atoms with Gasteiger partial charge in [-0.15, -0.1) is 0 Å². The summed E-state index contributed by atoms with van der Waals surface area (Å²) in [6, 6.07) is 4.10. The van der Waals surface area contributed by atoms with Gasteiger partial charge in [0, 0.05) is 5.69 Å². The van der Waals surface area contributed by atoms with Crippen molar-refractivity contribution < 1.29 is 21.6 Å². The van der Waals surface area contributed by atoms with Crippen molar-refractivity contribution in [2.45, 2.75) is 24.8 Å². The van der Waals surface area contributed by atoms with E-state index in [-0.39, 0.29) is 5.69 Å². The second-order valence-electron chi connectivity index (χ2n) is 4.61. The average molecular weight is 316 g/mol. The van der Waals surface area contributed by atoms with Gasteiger partial charge in [-0.05, 0) is 38.1 Å². The van der Waals surface area contributed by atoms with Crippen LogP contribution in [0.25, 0.3) is 0 Å². The van der Waals surface area contributed by atoms with Crippen molar-refractivity contribution in [3.05, 3.63) is 47.4 Å². The number of sulfonamides is 1. The molecule has 1 unspecified atom stereocenters. The fraction of sp³-hybridized carbons (Fsp3) is 0.231. The molecule has 1 atom stereocenters. The molecule has 0 saturated carbocycles. The Labute approximate surface area is 120 Å². The van der Waals surface area contributed by atoms with Crippen LogP contribution >= 0.6 is 0 Å². The fourth-order valence-corrected chi connectivity index (χ4v) is 3.15. The van der Waals surface area contributed by atoms with Crippen LogP contribution < -0.4 is 10.5 Å². The molecular weight excluding hydrogens is 302 g/mol. The number of nitrogen functional groups attached to an aromatic ring is 1. The molecule has 0 bridgehead atoms. The number of furan rings is 1. The minimum Gasteiger partial charge on any atom is -0.465 e. The minimum absolute atomic E-state index is 0.184. The van der Waals surface area contributed by atoms with E-state index in [0.29, 0.717) is 17.6 Å². The van der Waals surface area contributed by atoms with E-state index in [9.17, 15) is 17.2 Å². The summed E-state index contributed by atoms with van der Waals surface area (Å²) in [5.41, 5.74) is 5.17. The Hall–Kier alpha value is -1.93. The molecule has 8 heteroatoms. The number of halogens is 2. The zero-order valence-electron chi connectivity index (χ0n) is 11.4. The lowest BCUT2D eigenvalue weighted by Gasteiger charge is -2.13. The molecule has 114 valence electrons. The highest BCUT2D eigenvalue weighted by Gasteiger charge is 2.25. The number of nitrogens with two attached hydrogens (primary N) is 1. The summed E-state index contributed by atoms with van der Waals surface area (Å²) in [4.78, 5) is -0.838. The van der Waals surface area contributed by atoms with Crippen molar-refractivity contribution in [1.29, 1.82) is 0 Å². The van der Waals surface area contributed by atoms with E-state index in [4.69, 9.17) is 10.2 Å². The lowest BCUT2D eigenvalue weighted by Crippen LogP contribution is -2.27. The van der Waals surface area contributed by atoms with E-state index in [1.54, 1.807) is 19.1 Å². The van der Waals surface area contributed by atoms with E-state index < -0.39 is 32.6 Å². The molecule has 2 rings (SSSR count). The van der Waals surface area contributed by atoms with E-state index >= 15 is 0 Å². The van der Waals surface area contributed by atoms with Crippen LogP contribution in [0.2, 0.25) is 0 Å². The Morgan fingerprint density at radius 1 is 1.29 bits per heavy atom. The maximum Gasteiger partial charge on any atom is 0.244 e. The van der Waals surface area contributed by atoms with E-state index in [2.05, 4.69) is 4.72 Å². The number of rotatable bonds is 4.